The first kappa shape index (κ1) is 15.3. The molecule has 1 aliphatic heterocycles. The van der Waals surface area contributed by atoms with E-state index < -0.39 is 17.5 Å². The first-order valence-corrected chi connectivity index (χ1v) is 6.69. The van der Waals surface area contributed by atoms with Crippen LogP contribution in [0.25, 0.3) is 0 Å². The Kier molecular flexibility index (Phi) is 4.16. The van der Waals surface area contributed by atoms with Crippen LogP contribution in [0.3, 0.4) is 0 Å². The predicted octanol–water partition coefficient (Wildman–Crippen LogP) is 2.65. The summed E-state index contributed by atoms with van der Waals surface area (Å²) >= 11 is 0. The maximum atomic E-state index is 13.7. The number of carbonyl (C=O) groups excluding carboxylic acids is 2. The molecule has 0 N–H and O–H groups in total. The van der Waals surface area contributed by atoms with E-state index in [1.807, 2.05) is 0 Å². The summed E-state index contributed by atoms with van der Waals surface area (Å²) in [5.74, 6) is -0.707. The van der Waals surface area contributed by atoms with Crippen molar-refractivity contribution in [3.63, 3.8) is 0 Å². The first-order chi connectivity index (χ1) is 9.80. The zero-order valence-electron chi connectivity index (χ0n) is 12.3. The van der Waals surface area contributed by atoms with Crippen LogP contribution in [0.2, 0.25) is 0 Å². The Morgan fingerprint density at radius 3 is 2.67 bits per heavy atom. The molecule has 1 heterocycles. The van der Waals surface area contributed by atoms with Gasteiger partial charge < -0.3 is 14.4 Å². The van der Waals surface area contributed by atoms with Gasteiger partial charge in [-0.25, -0.2) is 9.18 Å². The van der Waals surface area contributed by atoms with Gasteiger partial charge in [0.1, 0.15) is 5.60 Å². The molecule has 0 spiro atoms. The molecule has 2 rings (SSSR count). The minimum atomic E-state index is -0.619. The lowest BCUT2D eigenvalue weighted by atomic mass is 9.99. The highest BCUT2D eigenvalue weighted by molar-refractivity contribution is 5.68. The Morgan fingerprint density at radius 2 is 2.05 bits per heavy atom. The van der Waals surface area contributed by atoms with Crippen LogP contribution in [0.5, 0.6) is 5.75 Å². The molecule has 0 radical (unpaired) electrons. The summed E-state index contributed by atoms with van der Waals surface area (Å²) in [6.07, 6.45) is 0.145. The summed E-state index contributed by atoms with van der Waals surface area (Å²) in [5.41, 5.74) is 1.00. The third kappa shape index (κ3) is 3.71. The monoisotopic (exact) mass is 295 g/mol. The van der Waals surface area contributed by atoms with Crippen LogP contribution < -0.4 is 4.74 Å². The second-order valence-electron chi connectivity index (χ2n) is 5.92. The molecule has 0 saturated heterocycles. The second kappa shape index (κ2) is 5.71. The van der Waals surface area contributed by atoms with Crippen LogP contribution in [0.4, 0.5) is 9.18 Å². The van der Waals surface area contributed by atoms with Gasteiger partial charge in [0.05, 0.1) is 0 Å². The lowest BCUT2D eigenvalue weighted by molar-refractivity contribution is -0.120. The van der Waals surface area contributed by atoms with E-state index in [2.05, 4.69) is 4.74 Å². The smallest absolute Gasteiger partial charge is 0.410 e. The summed E-state index contributed by atoms with van der Waals surface area (Å²) in [6, 6.07) is 2.80. The molecule has 1 aromatic rings. The lowest BCUT2D eigenvalue weighted by Crippen LogP contribution is -2.39. The lowest BCUT2D eigenvalue weighted by Gasteiger charge is -2.31. The van der Waals surface area contributed by atoms with Crippen molar-refractivity contribution in [3.8, 4) is 5.75 Å². The zero-order chi connectivity index (χ0) is 15.6. The normalized spacial score (nSPS) is 14.4. The SMILES string of the molecule is CC(C)(C)OC(=O)N1CCc2cc(OC=O)c(F)cc2C1. The molecule has 0 fully saturated rings. The molecule has 114 valence electrons. The quantitative estimate of drug-likeness (QED) is 0.787. The van der Waals surface area contributed by atoms with Crippen LogP contribution in [-0.2, 0) is 22.5 Å². The van der Waals surface area contributed by atoms with E-state index in [9.17, 15) is 14.0 Å². The maximum Gasteiger partial charge on any atom is 0.410 e. The second-order valence-corrected chi connectivity index (χ2v) is 5.92. The number of hydrogen-bond donors (Lipinski definition) is 0. The van der Waals surface area contributed by atoms with Crippen LogP contribution in [-0.4, -0.2) is 29.6 Å². The average molecular weight is 295 g/mol. The van der Waals surface area contributed by atoms with Crippen molar-refractivity contribution < 1.29 is 23.5 Å². The standard InChI is InChI=1S/C15H18FNO4/c1-15(2,3)21-14(19)17-5-4-10-7-13(20-9-18)12(16)6-11(10)8-17/h6-7,9H,4-5,8H2,1-3H3. The van der Waals surface area contributed by atoms with Gasteiger partial charge in [-0.15, -0.1) is 0 Å². The molecule has 0 atom stereocenters. The number of rotatable bonds is 2. The van der Waals surface area contributed by atoms with Gasteiger partial charge in [0.2, 0.25) is 0 Å². The Balaban J connectivity index is 2.15. The molecule has 1 aromatic carbocycles. The van der Waals surface area contributed by atoms with E-state index in [1.165, 1.54) is 17.0 Å². The first-order valence-electron chi connectivity index (χ1n) is 6.69. The predicted molar refractivity (Wildman–Crippen MR) is 73.4 cm³/mol. The third-order valence-corrected chi connectivity index (χ3v) is 3.09. The Morgan fingerprint density at radius 1 is 1.33 bits per heavy atom. The van der Waals surface area contributed by atoms with Crippen molar-refractivity contribution >= 4 is 12.6 Å². The number of hydrogen-bond acceptors (Lipinski definition) is 4. The number of fused-ring (bicyclic) bond motifs is 1. The van der Waals surface area contributed by atoms with E-state index in [4.69, 9.17) is 4.74 Å². The molecule has 5 nitrogen and oxygen atoms in total. The molecule has 1 aliphatic rings. The van der Waals surface area contributed by atoms with Crippen molar-refractivity contribution in [2.24, 2.45) is 0 Å². The van der Waals surface area contributed by atoms with E-state index in [1.54, 1.807) is 20.8 Å². The molecular weight excluding hydrogens is 277 g/mol. The minimum Gasteiger partial charge on any atom is -0.444 e. The Labute approximate surface area is 122 Å². The van der Waals surface area contributed by atoms with Crippen LogP contribution in [0.1, 0.15) is 31.9 Å². The maximum absolute atomic E-state index is 13.7. The van der Waals surface area contributed by atoms with Gasteiger partial charge >= 0.3 is 6.09 Å². The summed E-state index contributed by atoms with van der Waals surface area (Å²) < 4.78 is 23.6. The molecular formula is C15H18FNO4. The number of halogens is 1. The topological polar surface area (TPSA) is 55.8 Å². The molecule has 0 aromatic heterocycles. The fourth-order valence-corrected chi connectivity index (χ4v) is 2.18. The van der Waals surface area contributed by atoms with Crippen LogP contribution in [0.15, 0.2) is 12.1 Å². The molecule has 0 aliphatic carbocycles. The Bertz CT molecular complexity index is 566. The number of benzene rings is 1. The van der Waals surface area contributed by atoms with Crippen LogP contribution in [0, 0.1) is 5.82 Å². The third-order valence-electron chi connectivity index (χ3n) is 3.09. The highest BCUT2D eigenvalue weighted by atomic mass is 19.1. The minimum absolute atomic E-state index is 0.0885. The van der Waals surface area contributed by atoms with Gasteiger partial charge in [0, 0.05) is 13.1 Å². The summed E-state index contributed by atoms with van der Waals surface area (Å²) in [6.45, 7) is 6.35. The number of amides is 1. The van der Waals surface area contributed by atoms with E-state index in [-0.39, 0.29) is 18.8 Å². The van der Waals surface area contributed by atoms with Gasteiger partial charge in [0.15, 0.2) is 11.6 Å². The highest BCUT2D eigenvalue weighted by Gasteiger charge is 2.26. The van der Waals surface area contributed by atoms with Gasteiger partial charge in [-0.1, -0.05) is 0 Å². The molecule has 21 heavy (non-hydrogen) atoms. The molecule has 6 heteroatoms. The fourth-order valence-electron chi connectivity index (χ4n) is 2.18. The van der Waals surface area contributed by atoms with Crippen molar-refractivity contribution in [1.29, 1.82) is 0 Å². The van der Waals surface area contributed by atoms with E-state index in [0.29, 0.717) is 18.5 Å². The van der Waals surface area contributed by atoms with Crippen LogP contribution >= 0.6 is 0 Å². The van der Waals surface area contributed by atoms with Crippen molar-refractivity contribution in [1.82, 2.24) is 4.90 Å². The Hall–Kier alpha value is -2.11. The van der Waals surface area contributed by atoms with E-state index in [0.717, 1.165) is 5.56 Å². The summed E-state index contributed by atoms with van der Waals surface area (Å²) in [5, 5.41) is 0. The highest BCUT2D eigenvalue weighted by Crippen LogP contribution is 2.27. The van der Waals surface area contributed by atoms with Crippen molar-refractivity contribution in [2.45, 2.75) is 39.3 Å². The molecule has 0 bridgehead atoms. The molecule has 0 unspecified atom stereocenters. The van der Waals surface area contributed by atoms with Gasteiger partial charge in [0.25, 0.3) is 6.47 Å². The molecule has 0 saturated carbocycles. The van der Waals surface area contributed by atoms with Gasteiger partial charge in [-0.05, 0) is 50.5 Å². The van der Waals surface area contributed by atoms with E-state index >= 15 is 0 Å². The van der Waals surface area contributed by atoms with Crippen molar-refractivity contribution in [3.05, 3.63) is 29.1 Å². The summed E-state index contributed by atoms with van der Waals surface area (Å²) in [4.78, 5) is 23.9. The number of nitrogens with zero attached hydrogens (tertiary/aromatic N) is 1. The number of ether oxygens (including phenoxy) is 2. The summed E-state index contributed by atoms with van der Waals surface area (Å²) in [7, 11) is 0. The average Bonchev–Trinajstić information content (AvgIpc) is 2.37. The number of carbonyl (C=O) groups is 2. The van der Waals surface area contributed by atoms with Gasteiger partial charge in [-0.3, -0.25) is 4.79 Å². The zero-order valence-corrected chi connectivity index (χ0v) is 12.3. The molecule has 1 amide bonds. The fraction of sp³-hybridized carbons (Fsp3) is 0.467. The largest absolute Gasteiger partial charge is 0.444 e. The van der Waals surface area contributed by atoms with Crippen molar-refractivity contribution in [2.75, 3.05) is 6.54 Å². The van der Waals surface area contributed by atoms with Gasteiger partial charge in [-0.2, -0.15) is 0 Å².